The van der Waals surface area contributed by atoms with Gasteiger partial charge in [0.2, 0.25) is 0 Å². The predicted octanol–water partition coefficient (Wildman–Crippen LogP) is 3.81. The highest BCUT2D eigenvalue weighted by molar-refractivity contribution is 6.32. The van der Waals surface area contributed by atoms with E-state index in [1.165, 1.54) is 6.42 Å². The van der Waals surface area contributed by atoms with Gasteiger partial charge in [0.15, 0.2) is 5.78 Å². The van der Waals surface area contributed by atoms with E-state index in [-0.39, 0.29) is 22.5 Å². The van der Waals surface area contributed by atoms with Gasteiger partial charge in [-0.05, 0) is 25.0 Å². The minimum Gasteiger partial charge on any atom is -0.506 e. The Kier molecular flexibility index (Phi) is 3.49. The van der Waals surface area contributed by atoms with Crippen molar-refractivity contribution in [1.29, 1.82) is 0 Å². The van der Waals surface area contributed by atoms with Gasteiger partial charge in [0.1, 0.15) is 5.75 Å². The van der Waals surface area contributed by atoms with Crippen molar-refractivity contribution in [2.24, 2.45) is 5.92 Å². The summed E-state index contributed by atoms with van der Waals surface area (Å²) in [4.78, 5) is 12.2. The molecule has 16 heavy (non-hydrogen) atoms. The van der Waals surface area contributed by atoms with Gasteiger partial charge >= 0.3 is 0 Å². The van der Waals surface area contributed by atoms with Gasteiger partial charge in [-0.15, -0.1) is 0 Å². The molecule has 1 aliphatic rings. The number of rotatable bonds is 2. The summed E-state index contributed by atoms with van der Waals surface area (Å²) in [6.45, 7) is 0. The molecule has 1 fully saturated rings. The molecule has 2 rings (SSSR count). The molecular formula is C13H15ClO2. The molecule has 0 aromatic heterocycles. The summed E-state index contributed by atoms with van der Waals surface area (Å²) in [5.41, 5.74) is 0.374. The Balaban J connectivity index is 2.22. The van der Waals surface area contributed by atoms with E-state index < -0.39 is 0 Å². The zero-order chi connectivity index (χ0) is 11.5. The zero-order valence-corrected chi connectivity index (χ0v) is 9.83. The molecule has 0 radical (unpaired) electrons. The first-order valence-corrected chi connectivity index (χ1v) is 6.09. The van der Waals surface area contributed by atoms with Crippen LogP contribution >= 0.6 is 11.6 Å². The predicted molar refractivity (Wildman–Crippen MR) is 64.0 cm³/mol. The van der Waals surface area contributed by atoms with Crippen LogP contribution in [0.4, 0.5) is 0 Å². The van der Waals surface area contributed by atoms with E-state index in [0.29, 0.717) is 5.56 Å². The maximum absolute atomic E-state index is 12.2. The number of carbonyl (C=O) groups excluding carboxylic acids is 1. The zero-order valence-electron chi connectivity index (χ0n) is 9.08. The van der Waals surface area contributed by atoms with Crippen LogP contribution in [0.25, 0.3) is 0 Å². The molecule has 0 bridgehead atoms. The number of carbonyl (C=O) groups is 1. The Hall–Kier alpha value is -1.02. The Morgan fingerprint density at radius 1 is 1.25 bits per heavy atom. The fourth-order valence-electron chi connectivity index (χ4n) is 2.30. The maximum atomic E-state index is 12.2. The molecule has 1 aromatic carbocycles. The monoisotopic (exact) mass is 238 g/mol. The lowest BCUT2D eigenvalue weighted by Gasteiger charge is -2.20. The van der Waals surface area contributed by atoms with E-state index in [1.807, 2.05) is 0 Å². The molecule has 0 atom stereocenters. The summed E-state index contributed by atoms with van der Waals surface area (Å²) in [5.74, 6) is 0.0394. The van der Waals surface area contributed by atoms with Gasteiger partial charge in [-0.1, -0.05) is 36.9 Å². The highest BCUT2D eigenvalue weighted by atomic mass is 35.5. The van der Waals surface area contributed by atoms with Crippen LogP contribution in [0.2, 0.25) is 5.02 Å². The highest BCUT2D eigenvalue weighted by Crippen LogP contribution is 2.33. The summed E-state index contributed by atoms with van der Waals surface area (Å²) in [7, 11) is 0. The van der Waals surface area contributed by atoms with Crippen LogP contribution in [-0.4, -0.2) is 10.9 Å². The second kappa shape index (κ2) is 4.88. The van der Waals surface area contributed by atoms with E-state index in [0.717, 1.165) is 25.7 Å². The van der Waals surface area contributed by atoms with Crippen LogP contribution in [0, 0.1) is 5.92 Å². The number of halogens is 1. The van der Waals surface area contributed by atoms with Crippen molar-refractivity contribution in [2.45, 2.75) is 32.1 Å². The van der Waals surface area contributed by atoms with E-state index in [4.69, 9.17) is 11.6 Å². The van der Waals surface area contributed by atoms with Crippen molar-refractivity contribution in [2.75, 3.05) is 0 Å². The van der Waals surface area contributed by atoms with Crippen LogP contribution in [-0.2, 0) is 0 Å². The Labute approximate surface area is 100 Å². The molecule has 1 aliphatic carbocycles. The number of benzene rings is 1. The second-order valence-corrected chi connectivity index (χ2v) is 4.74. The molecule has 86 valence electrons. The molecule has 0 heterocycles. The maximum Gasteiger partial charge on any atom is 0.169 e. The van der Waals surface area contributed by atoms with Crippen molar-refractivity contribution in [3.63, 3.8) is 0 Å². The molecule has 0 saturated heterocycles. The van der Waals surface area contributed by atoms with Gasteiger partial charge < -0.3 is 5.11 Å². The number of phenols is 1. The average molecular weight is 239 g/mol. The first-order valence-electron chi connectivity index (χ1n) is 5.72. The summed E-state index contributed by atoms with van der Waals surface area (Å²) < 4.78 is 0. The number of hydrogen-bond donors (Lipinski definition) is 1. The lowest BCUT2D eigenvalue weighted by Crippen LogP contribution is -2.17. The lowest BCUT2D eigenvalue weighted by atomic mass is 9.84. The standard InChI is InChI=1S/C13H15ClO2/c14-11-8-4-7-10(13(11)16)12(15)9-5-2-1-3-6-9/h4,7-9,16H,1-3,5-6H2. The van der Waals surface area contributed by atoms with Gasteiger partial charge in [-0.25, -0.2) is 0 Å². The van der Waals surface area contributed by atoms with Crippen LogP contribution < -0.4 is 0 Å². The molecule has 1 aromatic rings. The molecule has 0 spiro atoms. The lowest BCUT2D eigenvalue weighted by molar-refractivity contribution is 0.0887. The molecule has 3 heteroatoms. The van der Waals surface area contributed by atoms with E-state index in [1.54, 1.807) is 18.2 Å². The number of para-hydroxylation sites is 1. The van der Waals surface area contributed by atoms with Crippen LogP contribution in [0.1, 0.15) is 42.5 Å². The van der Waals surface area contributed by atoms with Gasteiger partial charge in [-0.2, -0.15) is 0 Å². The van der Waals surface area contributed by atoms with E-state index in [9.17, 15) is 9.90 Å². The third kappa shape index (κ3) is 2.22. The SMILES string of the molecule is O=C(c1cccc(Cl)c1O)C1CCCCC1. The number of aromatic hydroxyl groups is 1. The Bertz CT molecular complexity index is 395. The normalized spacial score (nSPS) is 17.3. The Morgan fingerprint density at radius 3 is 2.62 bits per heavy atom. The highest BCUT2D eigenvalue weighted by Gasteiger charge is 2.24. The molecular weight excluding hydrogens is 224 g/mol. The number of phenolic OH excluding ortho intramolecular Hbond substituents is 1. The first-order chi connectivity index (χ1) is 7.70. The molecule has 0 amide bonds. The largest absolute Gasteiger partial charge is 0.506 e. The minimum atomic E-state index is -0.0697. The van der Waals surface area contributed by atoms with Gasteiger partial charge in [0.05, 0.1) is 10.6 Å². The summed E-state index contributed by atoms with van der Waals surface area (Å²) in [6, 6.07) is 4.95. The van der Waals surface area contributed by atoms with Crippen LogP contribution in [0.5, 0.6) is 5.75 Å². The Morgan fingerprint density at radius 2 is 1.94 bits per heavy atom. The first kappa shape index (κ1) is 11.5. The second-order valence-electron chi connectivity index (χ2n) is 4.34. The molecule has 0 unspecified atom stereocenters. The molecule has 1 N–H and O–H groups in total. The molecule has 0 aliphatic heterocycles. The van der Waals surface area contributed by atoms with Crippen LogP contribution in [0.3, 0.4) is 0 Å². The summed E-state index contributed by atoms with van der Waals surface area (Å²) >= 11 is 5.79. The number of hydrogen-bond acceptors (Lipinski definition) is 2. The van der Waals surface area contributed by atoms with Gasteiger partial charge in [0, 0.05) is 5.92 Å². The van der Waals surface area contributed by atoms with E-state index in [2.05, 4.69) is 0 Å². The smallest absolute Gasteiger partial charge is 0.169 e. The van der Waals surface area contributed by atoms with Crippen molar-refractivity contribution in [1.82, 2.24) is 0 Å². The third-order valence-electron chi connectivity index (χ3n) is 3.23. The van der Waals surface area contributed by atoms with Gasteiger partial charge in [0.25, 0.3) is 0 Å². The van der Waals surface area contributed by atoms with Crippen molar-refractivity contribution in [3.05, 3.63) is 28.8 Å². The summed E-state index contributed by atoms with van der Waals surface area (Å²) in [5, 5.41) is 10.00. The average Bonchev–Trinajstić information content (AvgIpc) is 2.33. The van der Waals surface area contributed by atoms with Crippen molar-refractivity contribution >= 4 is 17.4 Å². The fourth-order valence-corrected chi connectivity index (χ4v) is 2.47. The van der Waals surface area contributed by atoms with E-state index >= 15 is 0 Å². The number of Topliss-reactive ketones (excluding diaryl/α,β-unsaturated/α-hetero) is 1. The molecule has 1 saturated carbocycles. The van der Waals surface area contributed by atoms with Crippen molar-refractivity contribution < 1.29 is 9.90 Å². The van der Waals surface area contributed by atoms with Gasteiger partial charge in [-0.3, -0.25) is 4.79 Å². The van der Waals surface area contributed by atoms with Crippen LogP contribution in [0.15, 0.2) is 18.2 Å². The summed E-state index contributed by atoms with van der Waals surface area (Å²) in [6.07, 6.45) is 5.30. The topological polar surface area (TPSA) is 37.3 Å². The third-order valence-corrected chi connectivity index (χ3v) is 3.53. The minimum absolute atomic E-state index is 0.0414. The fraction of sp³-hybridized carbons (Fsp3) is 0.462. The molecule has 2 nitrogen and oxygen atoms in total. The quantitative estimate of drug-likeness (QED) is 0.796. The van der Waals surface area contributed by atoms with Crippen molar-refractivity contribution in [3.8, 4) is 5.75 Å². The number of ketones is 1.